The average Bonchev–Trinajstić information content (AvgIpc) is 3.28. The van der Waals surface area contributed by atoms with Crippen molar-refractivity contribution in [2.75, 3.05) is 0 Å². The molecule has 0 aliphatic carbocycles. The van der Waals surface area contributed by atoms with Crippen LogP contribution in [0.1, 0.15) is 13.3 Å². The maximum absolute atomic E-state index is 2.50. The third-order valence-electron chi connectivity index (χ3n) is 10.3. The SMILES string of the molecule is CCC(P(c1ccccc1)c1ccccc1)C(P(c1ccccc1)c1ccccc1)(P(c1ccccc1)c1ccccc1)P(c1ccccc1)c1ccccc1. The molecule has 1 unspecified atom stereocenters. The summed E-state index contributed by atoms with van der Waals surface area (Å²) >= 11 is 0. The van der Waals surface area contributed by atoms with Crippen molar-refractivity contribution in [1.29, 1.82) is 0 Å². The second-order valence-corrected chi connectivity index (χ2v) is 24.4. The lowest BCUT2D eigenvalue weighted by atomic mass is 10.3. The smallest absolute Gasteiger partial charge is 0.0618 e. The number of benzene rings is 8. The van der Waals surface area contributed by atoms with E-state index < -0.39 is 31.7 Å². The van der Waals surface area contributed by atoms with E-state index in [1.54, 1.807) is 0 Å². The molecular formula is C52H46P4. The van der Waals surface area contributed by atoms with Crippen LogP contribution in [0.25, 0.3) is 0 Å². The monoisotopic (exact) mass is 794 g/mol. The molecule has 0 fully saturated rings. The van der Waals surface area contributed by atoms with Crippen molar-refractivity contribution in [3.05, 3.63) is 243 Å². The minimum Gasteiger partial charge on any atom is -0.0647 e. The Balaban J connectivity index is 1.64. The molecule has 0 spiro atoms. The van der Waals surface area contributed by atoms with Crippen molar-refractivity contribution in [2.45, 2.75) is 23.6 Å². The summed E-state index contributed by atoms with van der Waals surface area (Å²) < 4.78 is -0.305. The Morgan fingerprint density at radius 2 is 0.464 bits per heavy atom. The predicted octanol–water partition coefficient (Wildman–Crippen LogP) is 11.0. The van der Waals surface area contributed by atoms with E-state index in [2.05, 4.69) is 250 Å². The summed E-state index contributed by atoms with van der Waals surface area (Å²) in [5.41, 5.74) is 0.256. The van der Waals surface area contributed by atoms with Crippen LogP contribution in [0.4, 0.5) is 0 Å². The van der Waals surface area contributed by atoms with Crippen molar-refractivity contribution < 1.29 is 0 Å². The van der Waals surface area contributed by atoms with Crippen LogP contribution >= 0.6 is 31.7 Å². The maximum Gasteiger partial charge on any atom is 0.0618 e. The van der Waals surface area contributed by atoms with E-state index in [0.717, 1.165) is 6.42 Å². The Bertz CT molecular complexity index is 1990. The van der Waals surface area contributed by atoms with E-state index in [4.69, 9.17) is 0 Å². The van der Waals surface area contributed by atoms with E-state index in [0.29, 0.717) is 0 Å². The zero-order chi connectivity index (χ0) is 38.0. The van der Waals surface area contributed by atoms with Gasteiger partial charge in [-0.1, -0.05) is 250 Å². The van der Waals surface area contributed by atoms with E-state index in [-0.39, 0.29) is 10.3 Å². The Morgan fingerprint density at radius 1 is 0.286 bits per heavy atom. The fourth-order valence-corrected chi connectivity index (χ4v) is 26.9. The highest BCUT2D eigenvalue weighted by molar-refractivity contribution is 8.06. The van der Waals surface area contributed by atoms with E-state index in [9.17, 15) is 0 Å². The van der Waals surface area contributed by atoms with Gasteiger partial charge in [0.25, 0.3) is 0 Å². The third kappa shape index (κ3) is 7.88. The van der Waals surface area contributed by atoms with Gasteiger partial charge in [0.2, 0.25) is 0 Å². The summed E-state index contributed by atoms with van der Waals surface area (Å²) in [5.74, 6) is 0. The normalized spacial score (nSPS) is 12.3. The lowest BCUT2D eigenvalue weighted by Gasteiger charge is -2.58. The van der Waals surface area contributed by atoms with Crippen LogP contribution in [0.2, 0.25) is 0 Å². The van der Waals surface area contributed by atoms with Gasteiger partial charge in [0.05, 0.1) is 4.64 Å². The van der Waals surface area contributed by atoms with Crippen LogP contribution in [-0.2, 0) is 0 Å². The molecule has 0 heterocycles. The van der Waals surface area contributed by atoms with Crippen LogP contribution in [0.15, 0.2) is 243 Å². The van der Waals surface area contributed by atoms with Gasteiger partial charge in [-0.25, -0.2) is 0 Å². The van der Waals surface area contributed by atoms with E-state index in [1.165, 1.54) is 42.4 Å². The summed E-state index contributed by atoms with van der Waals surface area (Å²) in [4.78, 5) is 0. The second-order valence-electron chi connectivity index (χ2n) is 13.7. The molecule has 0 saturated heterocycles. The molecule has 8 aromatic rings. The van der Waals surface area contributed by atoms with Crippen molar-refractivity contribution in [3.8, 4) is 0 Å². The molecule has 0 N–H and O–H groups in total. The molecule has 4 heteroatoms. The summed E-state index contributed by atoms with van der Waals surface area (Å²) in [6, 6.07) is 92.8. The van der Waals surface area contributed by atoms with Gasteiger partial charge >= 0.3 is 0 Å². The van der Waals surface area contributed by atoms with Crippen molar-refractivity contribution >= 4 is 74.1 Å². The highest BCUT2D eigenvalue weighted by Gasteiger charge is 2.60. The van der Waals surface area contributed by atoms with Gasteiger partial charge in [0.1, 0.15) is 0 Å². The number of hydrogen-bond acceptors (Lipinski definition) is 0. The molecule has 1 atom stereocenters. The van der Waals surface area contributed by atoms with Gasteiger partial charge in [0.15, 0.2) is 0 Å². The second kappa shape index (κ2) is 18.6. The molecule has 0 aliphatic heterocycles. The Hall–Kier alpha value is -4.52. The van der Waals surface area contributed by atoms with Crippen molar-refractivity contribution in [3.63, 3.8) is 0 Å². The molecule has 0 nitrogen and oxygen atoms in total. The largest absolute Gasteiger partial charge is 0.0647 e. The molecule has 0 aromatic heterocycles. The molecule has 56 heavy (non-hydrogen) atoms. The standard InChI is InChI=1S/C52H46P4/c1-2-51(53(43-27-11-3-12-28-43)44-29-13-4-14-30-44)52(54(45-31-15-5-16-32-45)46-33-17-6-18-34-46,55(47-35-19-7-20-36-47)48-37-21-8-22-38-48)56(49-39-23-9-24-40-49)50-41-25-10-26-42-50/h3-42,51H,2H2,1H3. The molecule has 0 bridgehead atoms. The molecule has 8 rings (SSSR count). The molecule has 0 amide bonds. The molecule has 0 radical (unpaired) electrons. The summed E-state index contributed by atoms with van der Waals surface area (Å²) in [6.45, 7) is 2.50. The lowest BCUT2D eigenvalue weighted by Crippen LogP contribution is -2.50. The Labute approximate surface area is 338 Å². The minimum absolute atomic E-state index is 0.256. The number of hydrogen-bond donors (Lipinski definition) is 0. The van der Waals surface area contributed by atoms with Crippen LogP contribution in [-0.4, -0.2) is 10.3 Å². The zero-order valence-electron chi connectivity index (χ0n) is 31.7. The van der Waals surface area contributed by atoms with Gasteiger partial charge in [-0.15, -0.1) is 0 Å². The first kappa shape index (κ1) is 38.4. The van der Waals surface area contributed by atoms with Gasteiger partial charge in [-0.3, -0.25) is 0 Å². The molecule has 0 aliphatic rings. The maximum atomic E-state index is 2.50. The van der Waals surface area contributed by atoms with E-state index in [1.807, 2.05) is 0 Å². The quantitative estimate of drug-likeness (QED) is 0.0962. The summed E-state index contributed by atoms with van der Waals surface area (Å²) in [5, 5.41) is 11.5. The number of rotatable bonds is 14. The fourth-order valence-electron chi connectivity index (χ4n) is 8.11. The predicted molar refractivity (Wildman–Crippen MR) is 253 cm³/mol. The van der Waals surface area contributed by atoms with E-state index >= 15 is 0 Å². The summed E-state index contributed by atoms with van der Waals surface area (Å²) in [7, 11) is -4.06. The summed E-state index contributed by atoms with van der Waals surface area (Å²) in [6.07, 6.45) is 1.02. The lowest BCUT2D eigenvalue weighted by molar-refractivity contribution is 0.843. The fraction of sp³-hybridized carbons (Fsp3) is 0.0769. The van der Waals surface area contributed by atoms with Gasteiger partial charge in [-0.05, 0) is 80.5 Å². The zero-order valence-corrected chi connectivity index (χ0v) is 35.2. The van der Waals surface area contributed by atoms with Gasteiger partial charge in [-0.2, -0.15) is 0 Å². The van der Waals surface area contributed by atoms with Crippen LogP contribution < -0.4 is 42.4 Å². The van der Waals surface area contributed by atoms with Crippen LogP contribution in [0.5, 0.6) is 0 Å². The molecule has 0 saturated carbocycles. The molecular weight excluding hydrogens is 748 g/mol. The highest BCUT2D eigenvalue weighted by Crippen LogP contribution is 2.82. The topological polar surface area (TPSA) is 0 Å². The average molecular weight is 795 g/mol. The minimum atomic E-state index is -1.06. The van der Waals surface area contributed by atoms with Crippen LogP contribution in [0.3, 0.4) is 0 Å². The highest BCUT2D eigenvalue weighted by atomic mass is 31.2. The first-order chi connectivity index (χ1) is 27.8. The Kier molecular flexibility index (Phi) is 12.8. The van der Waals surface area contributed by atoms with Gasteiger partial charge in [0, 0.05) is 5.66 Å². The van der Waals surface area contributed by atoms with Crippen molar-refractivity contribution in [1.82, 2.24) is 0 Å². The van der Waals surface area contributed by atoms with Gasteiger partial charge < -0.3 is 0 Å². The third-order valence-corrected chi connectivity index (χ3v) is 25.4. The van der Waals surface area contributed by atoms with Crippen LogP contribution in [0, 0.1) is 0 Å². The molecule has 274 valence electrons. The Morgan fingerprint density at radius 3 is 0.643 bits per heavy atom. The first-order valence-corrected chi connectivity index (χ1v) is 24.8. The first-order valence-electron chi connectivity index (χ1n) is 19.4. The van der Waals surface area contributed by atoms with Crippen molar-refractivity contribution in [2.24, 2.45) is 0 Å². The molecule has 8 aromatic carbocycles.